The van der Waals surface area contributed by atoms with Gasteiger partial charge in [-0.1, -0.05) is 19.3 Å². The van der Waals surface area contributed by atoms with Gasteiger partial charge in [0.05, 0.1) is 32.6 Å². The van der Waals surface area contributed by atoms with Gasteiger partial charge in [-0.25, -0.2) is 4.79 Å². The molecule has 2 aromatic rings. The summed E-state index contributed by atoms with van der Waals surface area (Å²) in [6.45, 7) is 0.450. The fourth-order valence-electron chi connectivity index (χ4n) is 5.95. The molecule has 1 atom stereocenters. The molecule has 8 nitrogen and oxygen atoms in total. The molecule has 0 aromatic heterocycles. The predicted molar refractivity (Wildman–Crippen MR) is 128 cm³/mol. The fraction of sp³-hybridized carbons (Fsp3) is 0.444. The molecule has 0 saturated heterocycles. The molecular formula is C27H29NO7. The summed E-state index contributed by atoms with van der Waals surface area (Å²) in [4.78, 5) is 15.6. The van der Waals surface area contributed by atoms with E-state index in [1.165, 1.54) is 19.3 Å². The number of rotatable bonds is 5. The second-order valence-corrected chi connectivity index (χ2v) is 9.25. The third kappa shape index (κ3) is 3.38. The number of nitrogens with zero attached hydrogens (tertiary/aromatic N) is 1. The smallest absolute Gasteiger partial charge is 0.337 e. The molecule has 0 spiro atoms. The van der Waals surface area contributed by atoms with Gasteiger partial charge in [-0.2, -0.15) is 0 Å². The van der Waals surface area contributed by atoms with E-state index in [0.717, 1.165) is 41.1 Å². The lowest BCUT2D eigenvalue weighted by Crippen LogP contribution is -2.40. The molecule has 3 aliphatic heterocycles. The number of hydrogen-bond donors (Lipinski definition) is 0. The highest BCUT2D eigenvalue weighted by molar-refractivity contribution is 5.98. The van der Waals surface area contributed by atoms with Crippen molar-refractivity contribution < 1.29 is 33.2 Å². The van der Waals surface area contributed by atoms with E-state index in [2.05, 4.69) is 11.0 Å². The van der Waals surface area contributed by atoms with E-state index in [4.69, 9.17) is 28.4 Å². The van der Waals surface area contributed by atoms with Crippen LogP contribution < -0.4 is 28.6 Å². The summed E-state index contributed by atoms with van der Waals surface area (Å²) in [6, 6.07) is 8.20. The maximum absolute atomic E-state index is 13.2. The monoisotopic (exact) mass is 479 g/mol. The molecule has 0 bridgehead atoms. The van der Waals surface area contributed by atoms with E-state index in [-0.39, 0.29) is 25.3 Å². The molecule has 8 heteroatoms. The molecule has 1 aliphatic carbocycles. The highest BCUT2D eigenvalue weighted by Crippen LogP contribution is 2.54. The lowest BCUT2D eigenvalue weighted by molar-refractivity contribution is -0.136. The minimum atomic E-state index is -0.377. The van der Waals surface area contributed by atoms with Gasteiger partial charge in [0.25, 0.3) is 0 Å². The Bertz CT molecular complexity index is 1190. The van der Waals surface area contributed by atoms with Gasteiger partial charge in [-0.15, -0.1) is 0 Å². The second kappa shape index (κ2) is 8.59. The normalized spacial score (nSPS) is 20.9. The molecule has 2 aromatic carbocycles. The number of esters is 1. The average molecular weight is 480 g/mol. The molecule has 0 radical (unpaired) electrons. The van der Waals surface area contributed by atoms with Crippen LogP contribution in [0.25, 0.3) is 0 Å². The van der Waals surface area contributed by atoms with Gasteiger partial charge in [0.1, 0.15) is 6.61 Å². The van der Waals surface area contributed by atoms with Crippen molar-refractivity contribution in [1.29, 1.82) is 0 Å². The lowest BCUT2D eigenvalue weighted by atomic mass is 9.78. The van der Waals surface area contributed by atoms with Gasteiger partial charge in [0.2, 0.25) is 12.5 Å². The second-order valence-electron chi connectivity index (χ2n) is 9.25. The standard InChI is InChI=1S/C27H29NO7/c1-30-22-9-15(10-23(31-2)26(22)32-3)24-17-11-20-21(35-14-34-20)12-18(17)28(16-7-5-4-6-8-16)19-13-33-27(29)25(19)24/h9-12,16,24H,4-8,13-14H2,1-3H3. The van der Waals surface area contributed by atoms with Crippen molar-refractivity contribution in [3.63, 3.8) is 0 Å². The van der Waals surface area contributed by atoms with Crippen molar-refractivity contribution in [1.82, 2.24) is 0 Å². The number of hydrogen-bond acceptors (Lipinski definition) is 8. The first-order chi connectivity index (χ1) is 17.1. The molecule has 0 N–H and O–H groups in total. The summed E-state index contributed by atoms with van der Waals surface area (Å²) >= 11 is 0. The molecule has 1 saturated carbocycles. The summed E-state index contributed by atoms with van der Waals surface area (Å²) in [6.07, 6.45) is 5.75. The summed E-state index contributed by atoms with van der Waals surface area (Å²) < 4.78 is 34.0. The lowest BCUT2D eigenvalue weighted by Gasteiger charge is -2.42. The average Bonchev–Trinajstić information content (AvgIpc) is 3.51. The first kappa shape index (κ1) is 21.9. The Morgan fingerprint density at radius 1 is 0.857 bits per heavy atom. The number of methoxy groups -OCH3 is 3. The maximum Gasteiger partial charge on any atom is 0.337 e. The minimum Gasteiger partial charge on any atom is -0.493 e. The van der Waals surface area contributed by atoms with Gasteiger partial charge in [-0.05, 0) is 42.2 Å². The highest BCUT2D eigenvalue weighted by Gasteiger charge is 2.45. The zero-order valence-electron chi connectivity index (χ0n) is 20.2. The van der Waals surface area contributed by atoms with Crippen molar-refractivity contribution in [3.05, 3.63) is 46.7 Å². The summed E-state index contributed by atoms with van der Waals surface area (Å²) in [5.74, 6) is 2.32. The predicted octanol–water partition coefficient (Wildman–Crippen LogP) is 4.54. The molecular weight excluding hydrogens is 450 g/mol. The van der Waals surface area contributed by atoms with E-state index >= 15 is 0 Å². The van der Waals surface area contributed by atoms with Crippen molar-refractivity contribution in [2.45, 2.75) is 44.1 Å². The van der Waals surface area contributed by atoms with Gasteiger partial charge < -0.3 is 33.3 Å². The van der Waals surface area contributed by atoms with Crippen LogP contribution in [0.4, 0.5) is 5.69 Å². The number of carbonyl (C=O) groups excluding carboxylic acids is 1. The molecule has 3 heterocycles. The molecule has 1 fully saturated rings. The number of ether oxygens (including phenoxy) is 6. The van der Waals surface area contributed by atoms with Crippen LogP contribution in [0.1, 0.15) is 49.1 Å². The minimum absolute atomic E-state index is 0.186. The van der Waals surface area contributed by atoms with Gasteiger partial charge in [-0.3, -0.25) is 0 Å². The van der Waals surface area contributed by atoms with Gasteiger partial charge in [0.15, 0.2) is 23.0 Å². The number of cyclic esters (lactones) is 1. The van der Waals surface area contributed by atoms with E-state index in [1.54, 1.807) is 21.3 Å². The summed E-state index contributed by atoms with van der Waals surface area (Å²) in [7, 11) is 4.76. The number of fused-ring (bicyclic) bond motifs is 2. The molecule has 0 amide bonds. The Morgan fingerprint density at radius 2 is 1.54 bits per heavy atom. The van der Waals surface area contributed by atoms with Crippen LogP contribution in [0.15, 0.2) is 35.5 Å². The SMILES string of the molecule is COc1cc(C2C3=C(COC3=O)N(C3CCCCC3)c3cc4c(cc32)OCO4)cc(OC)c1OC. The van der Waals surface area contributed by atoms with Crippen LogP contribution in [0.3, 0.4) is 0 Å². The van der Waals surface area contributed by atoms with Crippen LogP contribution in [0, 0.1) is 0 Å². The van der Waals surface area contributed by atoms with E-state index < -0.39 is 0 Å². The molecule has 35 heavy (non-hydrogen) atoms. The van der Waals surface area contributed by atoms with Crippen LogP contribution in [-0.4, -0.2) is 46.7 Å². The first-order valence-corrected chi connectivity index (χ1v) is 12.1. The molecule has 4 aliphatic rings. The highest BCUT2D eigenvalue weighted by atomic mass is 16.7. The van der Waals surface area contributed by atoms with Crippen molar-refractivity contribution in [2.75, 3.05) is 39.6 Å². The topological polar surface area (TPSA) is 75.7 Å². The third-order valence-corrected chi connectivity index (χ3v) is 7.50. The zero-order chi connectivity index (χ0) is 24.1. The van der Waals surface area contributed by atoms with Crippen LogP contribution in [0.5, 0.6) is 28.7 Å². The van der Waals surface area contributed by atoms with Crippen molar-refractivity contribution in [3.8, 4) is 28.7 Å². The molecule has 1 unspecified atom stereocenters. The van der Waals surface area contributed by atoms with Crippen LogP contribution in [-0.2, 0) is 9.53 Å². The molecule has 184 valence electrons. The van der Waals surface area contributed by atoms with Crippen molar-refractivity contribution >= 4 is 11.7 Å². The number of anilines is 1. The van der Waals surface area contributed by atoms with Crippen LogP contribution >= 0.6 is 0 Å². The van der Waals surface area contributed by atoms with Gasteiger partial charge in [0, 0.05) is 23.7 Å². The molecule has 6 rings (SSSR count). The Labute approximate surface area is 204 Å². The summed E-state index contributed by atoms with van der Waals surface area (Å²) in [5.41, 5.74) is 4.47. The van der Waals surface area contributed by atoms with Crippen molar-refractivity contribution in [2.24, 2.45) is 0 Å². The Balaban J connectivity index is 1.59. The van der Waals surface area contributed by atoms with E-state index in [0.29, 0.717) is 34.6 Å². The van der Waals surface area contributed by atoms with E-state index in [9.17, 15) is 4.79 Å². The quantitative estimate of drug-likeness (QED) is 0.579. The zero-order valence-corrected chi connectivity index (χ0v) is 20.2. The number of carbonyl (C=O) groups is 1. The largest absolute Gasteiger partial charge is 0.493 e. The summed E-state index contributed by atoms with van der Waals surface area (Å²) in [5, 5.41) is 0. The Hall–Kier alpha value is -3.55. The Morgan fingerprint density at radius 3 is 2.20 bits per heavy atom. The first-order valence-electron chi connectivity index (χ1n) is 12.1. The van der Waals surface area contributed by atoms with Gasteiger partial charge >= 0.3 is 5.97 Å². The van der Waals surface area contributed by atoms with Crippen LogP contribution in [0.2, 0.25) is 0 Å². The number of benzene rings is 2. The van der Waals surface area contributed by atoms with E-state index in [1.807, 2.05) is 18.2 Å². The Kier molecular flexibility index (Phi) is 5.39. The fourth-order valence-corrected chi connectivity index (χ4v) is 5.95. The maximum atomic E-state index is 13.2. The third-order valence-electron chi connectivity index (χ3n) is 7.50.